The van der Waals surface area contributed by atoms with E-state index in [1.807, 2.05) is 31.2 Å². The van der Waals surface area contributed by atoms with E-state index in [2.05, 4.69) is 5.32 Å². The van der Waals surface area contributed by atoms with E-state index in [0.29, 0.717) is 25.1 Å². The van der Waals surface area contributed by atoms with Gasteiger partial charge in [0, 0.05) is 36.8 Å². The molecule has 2 rings (SSSR count). The normalized spacial score (nSPS) is 17.8. The van der Waals surface area contributed by atoms with Crippen LogP contribution in [0.25, 0.3) is 0 Å². The van der Waals surface area contributed by atoms with Crippen molar-refractivity contribution < 1.29 is 9.59 Å². The summed E-state index contributed by atoms with van der Waals surface area (Å²) in [5.74, 6) is 0.0263. The molecular weight excluding hydrogens is 278 g/mol. The lowest BCUT2D eigenvalue weighted by atomic mass is 10.2. The van der Waals surface area contributed by atoms with Crippen LogP contribution in [0.15, 0.2) is 24.3 Å². The molecule has 0 saturated carbocycles. The third-order valence-electron chi connectivity index (χ3n) is 3.26. The van der Waals surface area contributed by atoms with Gasteiger partial charge in [-0.2, -0.15) is 0 Å². The largest absolute Gasteiger partial charge is 0.330 e. The minimum Gasteiger partial charge on any atom is -0.330 e. The molecule has 0 aliphatic carbocycles. The second-order valence-electron chi connectivity index (χ2n) is 4.79. The third kappa shape index (κ3) is 3.71. The summed E-state index contributed by atoms with van der Waals surface area (Å²) in [4.78, 5) is 25.1. The van der Waals surface area contributed by atoms with E-state index >= 15 is 0 Å². The summed E-state index contributed by atoms with van der Waals surface area (Å²) in [6.45, 7) is 2.36. The highest BCUT2D eigenvalue weighted by atomic mass is 35.5. The van der Waals surface area contributed by atoms with Crippen LogP contribution in [0.4, 0.5) is 11.4 Å². The van der Waals surface area contributed by atoms with Crippen LogP contribution < -0.4 is 16.0 Å². The Bertz CT molecular complexity index is 493. The molecule has 3 N–H and O–H groups in total. The Morgan fingerprint density at radius 1 is 1.50 bits per heavy atom. The molecule has 1 fully saturated rings. The average Bonchev–Trinajstić information content (AvgIpc) is 2.69. The first-order chi connectivity index (χ1) is 9.11. The molecule has 1 saturated heterocycles. The van der Waals surface area contributed by atoms with Crippen molar-refractivity contribution in [2.75, 3.05) is 16.8 Å². The first-order valence-corrected chi connectivity index (χ1v) is 6.54. The Morgan fingerprint density at radius 3 is 2.85 bits per heavy atom. The van der Waals surface area contributed by atoms with Gasteiger partial charge < -0.3 is 16.0 Å². The lowest BCUT2D eigenvalue weighted by Gasteiger charge is -2.22. The van der Waals surface area contributed by atoms with Crippen LogP contribution in [-0.2, 0) is 9.59 Å². The molecule has 1 aliphatic rings. The Hall–Kier alpha value is -1.59. The van der Waals surface area contributed by atoms with Crippen molar-refractivity contribution in [2.24, 2.45) is 5.73 Å². The average molecular weight is 298 g/mol. The third-order valence-corrected chi connectivity index (χ3v) is 3.26. The van der Waals surface area contributed by atoms with Crippen LogP contribution in [0.2, 0.25) is 0 Å². The maximum atomic E-state index is 11.8. The number of carbonyl (C=O) groups is 2. The summed E-state index contributed by atoms with van der Waals surface area (Å²) in [6.07, 6.45) is 1.76. The van der Waals surface area contributed by atoms with Crippen molar-refractivity contribution in [3.8, 4) is 0 Å². The molecule has 1 aromatic rings. The zero-order valence-corrected chi connectivity index (χ0v) is 12.3. The van der Waals surface area contributed by atoms with E-state index in [0.717, 1.165) is 12.1 Å². The van der Waals surface area contributed by atoms with Crippen LogP contribution in [-0.4, -0.2) is 24.4 Å². The standard InChI is InChI=1S/C14H19N3O2.ClH/c1-10-5-6-14(19)17(10)12-4-2-3-11(9-12)16-13(18)7-8-15;/h2-4,9-10H,5-8,15H2,1H3,(H,16,18);1H. The Balaban J connectivity index is 0.00000200. The Morgan fingerprint density at radius 2 is 2.25 bits per heavy atom. The second-order valence-corrected chi connectivity index (χ2v) is 4.79. The van der Waals surface area contributed by atoms with Gasteiger partial charge in [-0.15, -0.1) is 12.4 Å². The monoisotopic (exact) mass is 297 g/mol. The minimum atomic E-state index is -0.111. The predicted molar refractivity (Wildman–Crippen MR) is 82.2 cm³/mol. The maximum absolute atomic E-state index is 11.8. The molecule has 1 aromatic carbocycles. The maximum Gasteiger partial charge on any atom is 0.227 e. The Labute approximate surface area is 124 Å². The molecule has 0 aromatic heterocycles. The van der Waals surface area contributed by atoms with Crippen LogP contribution in [0.3, 0.4) is 0 Å². The van der Waals surface area contributed by atoms with E-state index in [1.54, 1.807) is 4.90 Å². The topological polar surface area (TPSA) is 75.4 Å². The summed E-state index contributed by atoms with van der Waals surface area (Å²) < 4.78 is 0. The van der Waals surface area contributed by atoms with Crippen LogP contribution in [0.1, 0.15) is 26.2 Å². The second kappa shape index (κ2) is 7.26. The SMILES string of the molecule is CC1CCC(=O)N1c1cccc(NC(=O)CCN)c1.Cl. The van der Waals surface area contributed by atoms with Crippen molar-refractivity contribution in [1.82, 2.24) is 0 Å². The molecule has 0 spiro atoms. The highest BCUT2D eigenvalue weighted by molar-refractivity contribution is 5.97. The molecule has 1 unspecified atom stereocenters. The predicted octanol–water partition coefficient (Wildman–Crippen LogP) is 1.91. The quantitative estimate of drug-likeness (QED) is 0.891. The zero-order valence-electron chi connectivity index (χ0n) is 11.5. The highest BCUT2D eigenvalue weighted by Crippen LogP contribution is 2.28. The highest BCUT2D eigenvalue weighted by Gasteiger charge is 2.28. The van der Waals surface area contributed by atoms with Crippen molar-refractivity contribution in [3.63, 3.8) is 0 Å². The number of nitrogens with zero attached hydrogens (tertiary/aromatic N) is 1. The summed E-state index contributed by atoms with van der Waals surface area (Å²) in [6, 6.07) is 7.57. The van der Waals surface area contributed by atoms with E-state index in [4.69, 9.17) is 5.73 Å². The fraction of sp³-hybridized carbons (Fsp3) is 0.429. The molecular formula is C14H20ClN3O2. The lowest BCUT2D eigenvalue weighted by Crippen LogP contribution is -2.30. The van der Waals surface area contributed by atoms with Gasteiger partial charge >= 0.3 is 0 Å². The van der Waals surface area contributed by atoms with Gasteiger partial charge in [0.05, 0.1) is 0 Å². The smallest absolute Gasteiger partial charge is 0.227 e. The molecule has 0 radical (unpaired) electrons. The van der Waals surface area contributed by atoms with Gasteiger partial charge in [-0.25, -0.2) is 0 Å². The number of benzene rings is 1. The molecule has 0 bridgehead atoms. The Kier molecular flexibility index (Phi) is 5.98. The first-order valence-electron chi connectivity index (χ1n) is 6.54. The number of carbonyl (C=O) groups excluding carboxylic acids is 2. The van der Waals surface area contributed by atoms with E-state index < -0.39 is 0 Å². The van der Waals surface area contributed by atoms with E-state index in [1.165, 1.54) is 0 Å². The summed E-state index contributed by atoms with van der Waals surface area (Å²) in [5, 5.41) is 2.78. The number of nitrogens with two attached hydrogens (primary N) is 1. The number of anilines is 2. The van der Waals surface area contributed by atoms with E-state index in [9.17, 15) is 9.59 Å². The van der Waals surface area contributed by atoms with Gasteiger partial charge in [-0.1, -0.05) is 6.07 Å². The van der Waals surface area contributed by atoms with Crippen LogP contribution in [0.5, 0.6) is 0 Å². The van der Waals surface area contributed by atoms with Gasteiger partial charge in [0.15, 0.2) is 0 Å². The molecule has 1 atom stereocenters. The van der Waals surface area contributed by atoms with Gasteiger partial charge in [-0.3, -0.25) is 9.59 Å². The first kappa shape index (κ1) is 16.5. The lowest BCUT2D eigenvalue weighted by molar-refractivity contribution is -0.117. The number of hydrogen-bond acceptors (Lipinski definition) is 3. The molecule has 2 amide bonds. The molecule has 5 nitrogen and oxygen atoms in total. The fourth-order valence-corrected chi connectivity index (χ4v) is 2.31. The van der Waals surface area contributed by atoms with Crippen molar-refractivity contribution in [3.05, 3.63) is 24.3 Å². The molecule has 6 heteroatoms. The summed E-state index contributed by atoms with van der Waals surface area (Å²) in [7, 11) is 0. The molecule has 1 heterocycles. The van der Waals surface area contributed by atoms with Crippen molar-refractivity contribution in [1.29, 1.82) is 0 Å². The van der Waals surface area contributed by atoms with Crippen LogP contribution in [0, 0.1) is 0 Å². The zero-order chi connectivity index (χ0) is 13.8. The van der Waals surface area contributed by atoms with Gasteiger partial charge in [0.25, 0.3) is 0 Å². The summed E-state index contributed by atoms with van der Waals surface area (Å²) in [5.41, 5.74) is 6.87. The summed E-state index contributed by atoms with van der Waals surface area (Å²) >= 11 is 0. The van der Waals surface area contributed by atoms with Gasteiger partial charge in [0.1, 0.15) is 0 Å². The molecule has 20 heavy (non-hydrogen) atoms. The number of halogens is 1. The minimum absolute atomic E-state index is 0. The molecule has 110 valence electrons. The van der Waals surface area contributed by atoms with Crippen LogP contribution >= 0.6 is 12.4 Å². The van der Waals surface area contributed by atoms with Crippen molar-refractivity contribution >= 4 is 35.6 Å². The van der Waals surface area contributed by atoms with Gasteiger partial charge in [0.2, 0.25) is 11.8 Å². The number of amides is 2. The van der Waals surface area contributed by atoms with E-state index in [-0.39, 0.29) is 30.3 Å². The number of hydrogen-bond donors (Lipinski definition) is 2. The molecule has 1 aliphatic heterocycles. The van der Waals surface area contributed by atoms with Gasteiger partial charge in [-0.05, 0) is 31.5 Å². The number of nitrogens with one attached hydrogen (secondary N) is 1. The number of rotatable bonds is 4. The fourth-order valence-electron chi connectivity index (χ4n) is 2.31. The van der Waals surface area contributed by atoms with Crippen molar-refractivity contribution in [2.45, 2.75) is 32.2 Å².